The highest BCUT2D eigenvalue weighted by Crippen LogP contribution is 2.32. The van der Waals surface area contributed by atoms with E-state index in [-0.39, 0.29) is 6.04 Å². The van der Waals surface area contributed by atoms with Gasteiger partial charge in [-0.3, -0.25) is 9.78 Å². The van der Waals surface area contributed by atoms with Crippen molar-refractivity contribution < 1.29 is 14.6 Å². The average molecular weight is 385 g/mol. The van der Waals surface area contributed by atoms with E-state index in [0.717, 1.165) is 12.0 Å². The van der Waals surface area contributed by atoms with Gasteiger partial charge in [-0.1, -0.05) is 6.07 Å². The maximum absolute atomic E-state index is 11.8. The number of hydrogen-bond donors (Lipinski definition) is 2. The van der Waals surface area contributed by atoms with E-state index in [1.165, 1.54) is 0 Å². The Bertz CT molecular complexity index is 807. The monoisotopic (exact) mass is 385 g/mol. The average Bonchev–Trinajstić information content (AvgIpc) is 2.69. The van der Waals surface area contributed by atoms with E-state index in [9.17, 15) is 9.90 Å². The van der Waals surface area contributed by atoms with Crippen molar-refractivity contribution >= 4 is 17.7 Å². The molecule has 0 unspecified atom stereocenters. The van der Waals surface area contributed by atoms with Crippen LogP contribution in [0.15, 0.2) is 30.7 Å². The fraction of sp³-hybridized carbons (Fsp3) is 0.500. The fourth-order valence-electron chi connectivity index (χ4n) is 3.16. The number of anilines is 2. The molecule has 1 atom stereocenters. The number of rotatable bonds is 7. The lowest BCUT2D eigenvalue weighted by Gasteiger charge is -2.32. The SMILES string of the molecule is C[C@@H](Cc1cccnc1)Nc1ncc(C(C)(C)C(=O)O)c(N2CCOCC2)n1. The summed E-state index contributed by atoms with van der Waals surface area (Å²) >= 11 is 0. The zero-order valence-electron chi connectivity index (χ0n) is 16.6. The Hall–Kier alpha value is -2.74. The second-order valence-corrected chi connectivity index (χ2v) is 7.57. The van der Waals surface area contributed by atoms with Crippen molar-refractivity contribution in [3.8, 4) is 0 Å². The molecular formula is C20H27N5O3. The maximum atomic E-state index is 11.8. The first-order valence-electron chi connectivity index (χ1n) is 9.47. The number of ether oxygens (including phenoxy) is 1. The highest BCUT2D eigenvalue weighted by molar-refractivity contribution is 5.82. The predicted octanol–water partition coefficient (Wildman–Crippen LogP) is 2.11. The van der Waals surface area contributed by atoms with Crippen molar-refractivity contribution in [2.24, 2.45) is 0 Å². The van der Waals surface area contributed by atoms with Gasteiger partial charge in [-0.2, -0.15) is 4.98 Å². The second kappa shape index (κ2) is 8.52. The van der Waals surface area contributed by atoms with Crippen LogP contribution in [0.4, 0.5) is 11.8 Å². The molecule has 0 spiro atoms. The Morgan fingerprint density at radius 1 is 1.36 bits per heavy atom. The first-order chi connectivity index (χ1) is 13.4. The Kier molecular flexibility index (Phi) is 6.08. The zero-order chi connectivity index (χ0) is 20.1. The molecule has 2 aromatic heterocycles. The molecule has 1 fully saturated rings. The molecule has 1 aliphatic rings. The first-order valence-corrected chi connectivity index (χ1v) is 9.47. The van der Waals surface area contributed by atoms with Gasteiger partial charge < -0.3 is 20.1 Å². The molecule has 1 saturated heterocycles. The van der Waals surface area contributed by atoms with Crippen molar-refractivity contribution in [3.63, 3.8) is 0 Å². The Morgan fingerprint density at radius 3 is 2.75 bits per heavy atom. The molecule has 1 aliphatic heterocycles. The van der Waals surface area contributed by atoms with Gasteiger partial charge >= 0.3 is 5.97 Å². The maximum Gasteiger partial charge on any atom is 0.313 e. The van der Waals surface area contributed by atoms with Crippen LogP contribution in [0.5, 0.6) is 0 Å². The second-order valence-electron chi connectivity index (χ2n) is 7.57. The molecular weight excluding hydrogens is 358 g/mol. The van der Waals surface area contributed by atoms with E-state index in [2.05, 4.69) is 27.1 Å². The number of carbonyl (C=O) groups is 1. The third-order valence-electron chi connectivity index (χ3n) is 4.93. The summed E-state index contributed by atoms with van der Waals surface area (Å²) < 4.78 is 5.43. The minimum Gasteiger partial charge on any atom is -0.481 e. The third-order valence-corrected chi connectivity index (χ3v) is 4.93. The standard InChI is InChI=1S/C20H27N5O3/c1-14(11-15-5-4-6-21-12-15)23-19-22-13-16(20(2,3)18(26)27)17(24-19)25-7-9-28-10-8-25/h4-6,12-14H,7-11H2,1-3H3,(H,26,27)(H,22,23,24)/t14-/m0/s1. The molecule has 2 aromatic rings. The summed E-state index contributed by atoms with van der Waals surface area (Å²) in [6.45, 7) is 7.94. The van der Waals surface area contributed by atoms with Crippen LogP contribution in [0.3, 0.4) is 0 Å². The first kappa shape index (κ1) is 20.0. The quantitative estimate of drug-likeness (QED) is 0.747. The number of aliphatic carboxylic acids is 1. The molecule has 0 aromatic carbocycles. The Balaban J connectivity index is 1.85. The molecule has 0 amide bonds. The van der Waals surface area contributed by atoms with Gasteiger partial charge in [0.05, 0.1) is 18.6 Å². The van der Waals surface area contributed by atoms with Crippen LogP contribution in [0, 0.1) is 0 Å². The lowest BCUT2D eigenvalue weighted by atomic mass is 9.85. The predicted molar refractivity (Wildman–Crippen MR) is 107 cm³/mol. The minimum atomic E-state index is -1.09. The van der Waals surface area contributed by atoms with Crippen LogP contribution in [0.2, 0.25) is 0 Å². The summed E-state index contributed by atoms with van der Waals surface area (Å²) in [4.78, 5) is 27.1. The summed E-state index contributed by atoms with van der Waals surface area (Å²) in [5, 5.41) is 13.0. The van der Waals surface area contributed by atoms with Crippen LogP contribution < -0.4 is 10.2 Å². The van der Waals surface area contributed by atoms with Crippen LogP contribution in [-0.4, -0.2) is 58.4 Å². The normalized spacial score (nSPS) is 15.9. The number of nitrogens with zero attached hydrogens (tertiary/aromatic N) is 4. The smallest absolute Gasteiger partial charge is 0.313 e. The summed E-state index contributed by atoms with van der Waals surface area (Å²) in [7, 11) is 0. The topological polar surface area (TPSA) is 100 Å². The summed E-state index contributed by atoms with van der Waals surface area (Å²) in [5.41, 5.74) is 0.639. The van der Waals surface area contributed by atoms with E-state index in [0.29, 0.717) is 43.6 Å². The molecule has 2 N–H and O–H groups in total. The van der Waals surface area contributed by atoms with Gasteiger partial charge in [0.1, 0.15) is 5.82 Å². The molecule has 150 valence electrons. The van der Waals surface area contributed by atoms with E-state index in [4.69, 9.17) is 9.72 Å². The number of hydrogen-bond acceptors (Lipinski definition) is 7. The van der Waals surface area contributed by atoms with Gasteiger partial charge in [-0.15, -0.1) is 0 Å². The van der Waals surface area contributed by atoms with Crippen LogP contribution in [0.1, 0.15) is 31.9 Å². The molecule has 3 heterocycles. The molecule has 28 heavy (non-hydrogen) atoms. The fourth-order valence-corrected chi connectivity index (χ4v) is 3.16. The Labute approximate surface area is 165 Å². The largest absolute Gasteiger partial charge is 0.481 e. The van der Waals surface area contributed by atoms with Crippen LogP contribution >= 0.6 is 0 Å². The zero-order valence-corrected chi connectivity index (χ0v) is 16.6. The van der Waals surface area contributed by atoms with Crippen molar-refractivity contribution in [3.05, 3.63) is 41.9 Å². The number of nitrogens with one attached hydrogen (secondary N) is 1. The minimum absolute atomic E-state index is 0.0973. The molecule has 0 saturated carbocycles. The third kappa shape index (κ3) is 4.56. The number of pyridine rings is 1. The van der Waals surface area contributed by atoms with Gasteiger partial charge in [0.2, 0.25) is 5.95 Å². The molecule has 0 radical (unpaired) electrons. The van der Waals surface area contributed by atoms with Gasteiger partial charge in [0, 0.05) is 43.3 Å². The number of carboxylic acids is 1. The highest BCUT2D eigenvalue weighted by Gasteiger charge is 2.35. The highest BCUT2D eigenvalue weighted by atomic mass is 16.5. The van der Waals surface area contributed by atoms with Crippen LogP contribution in [0.25, 0.3) is 0 Å². The number of carboxylic acid groups (broad SMARTS) is 1. The number of morpholine rings is 1. The van der Waals surface area contributed by atoms with Crippen molar-refractivity contribution in [1.82, 2.24) is 15.0 Å². The molecule has 8 nitrogen and oxygen atoms in total. The van der Waals surface area contributed by atoms with E-state index in [1.807, 2.05) is 18.3 Å². The van der Waals surface area contributed by atoms with Crippen molar-refractivity contribution in [2.45, 2.75) is 38.6 Å². The van der Waals surface area contributed by atoms with Crippen LogP contribution in [-0.2, 0) is 21.4 Å². The molecule has 0 aliphatic carbocycles. The number of aromatic nitrogens is 3. The summed E-state index contributed by atoms with van der Waals surface area (Å²) in [6, 6.07) is 4.04. The van der Waals surface area contributed by atoms with Gasteiger partial charge in [-0.25, -0.2) is 4.98 Å². The van der Waals surface area contributed by atoms with Crippen molar-refractivity contribution in [1.29, 1.82) is 0 Å². The molecule has 3 rings (SSSR count). The Morgan fingerprint density at radius 2 is 2.11 bits per heavy atom. The van der Waals surface area contributed by atoms with Gasteiger partial charge in [-0.05, 0) is 38.8 Å². The van der Waals surface area contributed by atoms with Gasteiger partial charge in [0.15, 0.2) is 0 Å². The van der Waals surface area contributed by atoms with E-state index < -0.39 is 11.4 Å². The van der Waals surface area contributed by atoms with Gasteiger partial charge in [0.25, 0.3) is 0 Å². The summed E-state index contributed by atoms with van der Waals surface area (Å²) in [5.74, 6) is 0.237. The lowest BCUT2D eigenvalue weighted by molar-refractivity contribution is -0.142. The van der Waals surface area contributed by atoms with E-state index >= 15 is 0 Å². The lowest BCUT2D eigenvalue weighted by Crippen LogP contribution is -2.40. The molecule has 0 bridgehead atoms. The van der Waals surface area contributed by atoms with E-state index in [1.54, 1.807) is 26.2 Å². The summed E-state index contributed by atoms with van der Waals surface area (Å²) in [6.07, 6.45) is 6.01. The van der Waals surface area contributed by atoms with Crippen molar-refractivity contribution in [2.75, 3.05) is 36.5 Å². The molecule has 8 heteroatoms.